The topological polar surface area (TPSA) is 55.4 Å². The van der Waals surface area contributed by atoms with Crippen molar-refractivity contribution in [2.75, 3.05) is 13.2 Å². The van der Waals surface area contributed by atoms with Gasteiger partial charge < -0.3 is 10.1 Å². The van der Waals surface area contributed by atoms with Gasteiger partial charge in [0.1, 0.15) is 0 Å². The molecule has 4 nitrogen and oxygen atoms in total. The zero-order chi connectivity index (χ0) is 16.5. The lowest BCUT2D eigenvalue weighted by atomic mass is 9.89. The fourth-order valence-electron chi connectivity index (χ4n) is 2.62. The van der Waals surface area contributed by atoms with Gasteiger partial charge in [-0.05, 0) is 42.5 Å². The summed E-state index contributed by atoms with van der Waals surface area (Å²) < 4.78 is 5.92. The third kappa shape index (κ3) is 6.99. The molecule has 1 aromatic carbocycles. The summed E-state index contributed by atoms with van der Waals surface area (Å²) in [5.41, 5.74) is 0.895. The normalized spacial score (nSPS) is 15.5. The van der Waals surface area contributed by atoms with Gasteiger partial charge in [0.15, 0.2) is 6.61 Å². The van der Waals surface area contributed by atoms with Crippen LogP contribution in [-0.2, 0) is 14.3 Å². The molecule has 1 N–H and O–H groups in total. The van der Waals surface area contributed by atoms with Gasteiger partial charge in [-0.1, -0.05) is 47.3 Å². The third-order valence-electron chi connectivity index (χ3n) is 3.94. The van der Waals surface area contributed by atoms with E-state index in [1.165, 1.54) is 38.2 Å². The van der Waals surface area contributed by atoms with Gasteiger partial charge in [-0.3, -0.25) is 4.79 Å². The van der Waals surface area contributed by atoms with E-state index in [0.29, 0.717) is 12.5 Å². The van der Waals surface area contributed by atoms with E-state index >= 15 is 0 Å². The Morgan fingerprint density at radius 3 is 2.57 bits per heavy atom. The van der Waals surface area contributed by atoms with E-state index in [0.717, 1.165) is 10.0 Å². The minimum Gasteiger partial charge on any atom is -0.452 e. The molecule has 0 aromatic heterocycles. The van der Waals surface area contributed by atoms with Crippen LogP contribution in [0.3, 0.4) is 0 Å². The van der Waals surface area contributed by atoms with E-state index in [1.54, 1.807) is 6.08 Å². The monoisotopic (exact) mass is 379 g/mol. The predicted molar refractivity (Wildman–Crippen MR) is 93.7 cm³/mol. The van der Waals surface area contributed by atoms with E-state index in [4.69, 9.17) is 4.74 Å². The number of benzene rings is 1. The Hall–Kier alpha value is -1.62. The van der Waals surface area contributed by atoms with Crippen molar-refractivity contribution in [1.29, 1.82) is 0 Å². The average Bonchev–Trinajstić information content (AvgIpc) is 2.58. The van der Waals surface area contributed by atoms with Gasteiger partial charge >= 0.3 is 5.97 Å². The number of hydrogen-bond donors (Lipinski definition) is 1. The van der Waals surface area contributed by atoms with Crippen LogP contribution in [0.25, 0.3) is 6.08 Å². The molecule has 1 fully saturated rings. The van der Waals surface area contributed by atoms with Crippen LogP contribution in [0, 0.1) is 5.92 Å². The number of nitrogens with one attached hydrogen (secondary N) is 1. The van der Waals surface area contributed by atoms with Crippen molar-refractivity contribution >= 4 is 33.9 Å². The maximum absolute atomic E-state index is 11.7. The molecule has 0 saturated heterocycles. The molecule has 0 aliphatic heterocycles. The summed E-state index contributed by atoms with van der Waals surface area (Å²) in [7, 11) is 0. The van der Waals surface area contributed by atoms with Crippen LogP contribution in [0.4, 0.5) is 0 Å². The fourth-order valence-corrected chi connectivity index (χ4v) is 2.89. The molecule has 0 bridgehead atoms. The molecule has 2 rings (SSSR count). The van der Waals surface area contributed by atoms with Crippen LogP contribution in [0.2, 0.25) is 0 Å². The molecule has 0 unspecified atom stereocenters. The van der Waals surface area contributed by atoms with Crippen LogP contribution in [0.1, 0.15) is 37.7 Å². The first kappa shape index (κ1) is 17.7. The molecule has 1 saturated carbocycles. The van der Waals surface area contributed by atoms with Crippen LogP contribution in [-0.4, -0.2) is 25.0 Å². The minimum atomic E-state index is -0.513. The van der Waals surface area contributed by atoms with Gasteiger partial charge in [-0.2, -0.15) is 0 Å². The van der Waals surface area contributed by atoms with Crippen molar-refractivity contribution < 1.29 is 14.3 Å². The highest BCUT2D eigenvalue weighted by atomic mass is 79.9. The largest absolute Gasteiger partial charge is 0.452 e. The van der Waals surface area contributed by atoms with E-state index in [-0.39, 0.29) is 12.5 Å². The molecule has 1 aliphatic rings. The Bertz CT molecular complexity index is 548. The number of halogens is 1. The third-order valence-corrected chi connectivity index (χ3v) is 4.47. The van der Waals surface area contributed by atoms with Gasteiger partial charge in [0.05, 0.1) is 0 Å². The first-order chi connectivity index (χ1) is 11.1. The number of amides is 1. The van der Waals surface area contributed by atoms with Crippen molar-refractivity contribution in [2.24, 2.45) is 5.92 Å². The summed E-state index contributed by atoms with van der Waals surface area (Å²) in [6.45, 7) is 0.460. The Kier molecular flexibility index (Phi) is 7.33. The maximum atomic E-state index is 11.7. The van der Waals surface area contributed by atoms with E-state index in [2.05, 4.69) is 21.2 Å². The lowest BCUT2D eigenvalue weighted by molar-refractivity contribution is -0.143. The van der Waals surface area contributed by atoms with Crippen LogP contribution in [0.15, 0.2) is 34.8 Å². The van der Waals surface area contributed by atoms with Crippen molar-refractivity contribution in [3.05, 3.63) is 40.4 Å². The molecule has 0 radical (unpaired) electrons. The molecular weight excluding hydrogens is 358 g/mol. The highest BCUT2D eigenvalue weighted by Gasteiger charge is 2.14. The Morgan fingerprint density at radius 2 is 1.87 bits per heavy atom. The lowest BCUT2D eigenvalue weighted by Crippen LogP contribution is -2.33. The predicted octanol–water partition coefficient (Wildman–Crippen LogP) is 3.70. The number of carbonyl (C=O) groups excluding carboxylic acids is 2. The molecule has 0 spiro atoms. The summed E-state index contributed by atoms with van der Waals surface area (Å²) in [6, 6.07) is 7.54. The highest BCUT2D eigenvalue weighted by molar-refractivity contribution is 9.10. The summed E-state index contributed by atoms with van der Waals surface area (Å²) in [4.78, 5) is 23.3. The van der Waals surface area contributed by atoms with Gasteiger partial charge in [0.2, 0.25) is 0 Å². The fraction of sp³-hybridized carbons (Fsp3) is 0.444. The van der Waals surface area contributed by atoms with E-state index in [9.17, 15) is 9.59 Å². The summed E-state index contributed by atoms with van der Waals surface area (Å²) in [5.74, 6) is -0.178. The smallest absolute Gasteiger partial charge is 0.331 e. The van der Waals surface area contributed by atoms with Gasteiger partial charge in [-0.15, -0.1) is 0 Å². The zero-order valence-corrected chi connectivity index (χ0v) is 14.7. The molecule has 0 heterocycles. The lowest BCUT2D eigenvalue weighted by Gasteiger charge is -2.21. The number of carbonyl (C=O) groups is 2. The van der Waals surface area contributed by atoms with Gasteiger partial charge in [-0.25, -0.2) is 4.79 Å². The minimum absolute atomic E-state index is 0.226. The summed E-state index contributed by atoms with van der Waals surface area (Å²) in [6.07, 6.45) is 9.14. The molecular formula is C18H22BrNO3. The number of esters is 1. The van der Waals surface area contributed by atoms with Crippen molar-refractivity contribution in [1.82, 2.24) is 5.32 Å². The molecule has 1 aliphatic carbocycles. The maximum Gasteiger partial charge on any atom is 0.331 e. The first-order valence-electron chi connectivity index (χ1n) is 8.00. The second-order valence-corrected chi connectivity index (χ2v) is 6.72. The number of rotatable bonds is 6. The van der Waals surface area contributed by atoms with Crippen molar-refractivity contribution in [3.8, 4) is 0 Å². The molecule has 5 heteroatoms. The quantitative estimate of drug-likeness (QED) is 0.605. The molecule has 1 aromatic rings. The molecule has 23 heavy (non-hydrogen) atoms. The SMILES string of the molecule is O=C(COC(=O)/C=C/c1ccc(Br)cc1)NCC1CCCCC1. The second-order valence-electron chi connectivity index (χ2n) is 5.80. The Balaban J connectivity index is 1.65. The standard InChI is InChI=1S/C18H22BrNO3/c19-16-9-6-14(7-10-16)8-11-18(22)23-13-17(21)20-12-15-4-2-1-3-5-15/h6-11,15H,1-5,12-13H2,(H,20,21)/b11-8+. The van der Waals surface area contributed by atoms with Crippen molar-refractivity contribution in [3.63, 3.8) is 0 Å². The van der Waals surface area contributed by atoms with Crippen LogP contribution >= 0.6 is 15.9 Å². The Morgan fingerprint density at radius 1 is 1.17 bits per heavy atom. The molecule has 0 atom stereocenters. The molecule has 1 amide bonds. The summed E-state index contributed by atoms with van der Waals surface area (Å²) in [5, 5.41) is 2.84. The van der Waals surface area contributed by atoms with E-state index < -0.39 is 5.97 Å². The Labute approximate surface area is 145 Å². The number of ether oxygens (including phenoxy) is 1. The van der Waals surface area contributed by atoms with Crippen LogP contribution in [0.5, 0.6) is 0 Å². The van der Waals surface area contributed by atoms with E-state index in [1.807, 2.05) is 24.3 Å². The van der Waals surface area contributed by atoms with Crippen molar-refractivity contribution in [2.45, 2.75) is 32.1 Å². The second kappa shape index (κ2) is 9.50. The van der Waals surface area contributed by atoms with Gasteiger partial charge in [0.25, 0.3) is 5.91 Å². The zero-order valence-electron chi connectivity index (χ0n) is 13.1. The van der Waals surface area contributed by atoms with Gasteiger partial charge in [0, 0.05) is 17.1 Å². The first-order valence-corrected chi connectivity index (χ1v) is 8.80. The average molecular weight is 380 g/mol. The molecule has 124 valence electrons. The number of hydrogen-bond acceptors (Lipinski definition) is 3. The highest BCUT2D eigenvalue weighted by Crippen LogP contribution is 2.22. The summed E-state index contributed by atoms with van der Waals surface area (Å²) >= 11 is 3.35. The van der Waals surface area contributed by atoms with Crippen LogP contribution < -0.4 is 5.32 Å².